The van der Waals surface area contributed by atoms with Gasteiger partial charge < -0.3 is 10.2 Å². The first-order valence-electron chi connectivity index (χ1n) is 9.30. The van der Waals surface area contributed by atoms with Crippen molar-refractivity contribution in [3.8, 4) is 5.69 Å². The Kier molecular flexibility index (Phi) is 5.53. The Morgan fingerprint density at radius 1 is 1.14 bits per heavy atom. The minimum atomic E-state index is -0.668. The summed E-state index contributed by atoms with van der Waals surface area (Å²) in [4.78, 5) is 18.6. The van der Waals surface area contributed by atoms with Gasteiger partial charge in [-0.3, -0.25) is 9.36 Å². The second-order valence-corrected chi connectivity index (χ2v) is 7.54. The van der Waals surface area contributed by atoms with E-state index in [1.165, 1.54) is 23.9 Å². The second-order valence-electron chi connectivity index (χ2n) is 6.77. The predicted molar refractivity (Wildman–Crippen MR) is 111 cm³/mol. The van der Waals surface area contributed by atoms with Crippen molar-refractivity contribution in [2.24, 2.45) is 0 Å². The number of imidazole rings is 1. The Hall–Kier alpha value is -2.87. The van der Waals surface area contributed by atoms with Crippen molar-refractivity contribution in [3.05, 3.63) is 66.0 Å². The Bertz CT molecular complexity index is 1020. The highest BCUT2D eigenvalue weighted by atomic mass is 32.2. The van der Waals surface area contributed by atoms with Crippen LogP contribution in [0.1, 0.15) is 23.2 Å². The topological polar surface area (TPSA) is 50.2 Å². The predicted octanol–water partition coefficient (Wildman–Crippen LogP) is 4.72. The second kappa shape index (κ2) is 8.24. The molecule has 0 unspecified atom stereocenters. The molecule has 3 aromatic rings. The summed E-state index contributed by atoms with van der Waals surface area (Å²) in [6.45, 7) is 1.28. The van der Waals surface area contributed by atoms with Gasteiger partial charge in [0.2, 0.25) is 0 Å². The van der Waals surface area contributed by atoms with Crippen LogP contribution in [0.4, 0.5) is 20.2 Å². The molecule has 1 N–H and O–H groups in total. The smallest absolute Gasteiger partial charge is 0.255 e. The summed E-state index contributed by atoms with van der Waals surface area (Å²) in [5.74, 6) is -1.77. The van der Waals surface area contributed by atoms with Gasteiger partial charge in [-0.15, -0.1) is 0 Å². The van der Waals surface area contributed by atoms with E-state index in [1.54, 1.807) is 29.3 Å². The molecule has 2 aromatic carbocycles. The molecular formula is C21H20F2N4OS. The van der Waals surface area contributed by atoms with Crippen molar-refractivity contribution in [1.29, 1.82) is 0 Å². The molecule has 0 bridgehead atoms. The number of carbonyl (C=O) groups excluding carboxylic acids is 1. The van der Waals surface area contributed by atoms with Gasteiger partial charge in [0.1, 0.15) is 5.69 Å². The SMILES string of the molecule is CSc1nccn1-c1cccc(C(=O)Nc2cc(F)c(N3CCCC3)c(F)c2)c1. The van der Waals surface area contributed by atoms with Crippen LogP contribution >= 0.6 is 11.8 Å². The van der Waals surface area contributed by atoms with Crippen LogP contribution in [0, 0.1) is 11.6 Å². The zero-order chi connectivity index (χ0) is 20.4. The van der Waals surface area contributed by atoms with Crippen LogP contribution in [0.15, 0.2) is 53.9 Å². The van der Waals surface area contributed by atoms with Gasteiger partial charge in [-0.1, -0.05) is 17.8 Å². The van der Waals surface area contributed by atoms with Crippen LogP contribution < -0.4 is 10.2 Å². The highest BCUT2D eigenvalue weighted by molar-refractivity contribution is 7.98. The number of hydrogen-bond donors (Lipinski definition) is 1. The molecule has 0 radical (unpaired) electrons. The number of benzene rings is 2. The van der Waals surface area contributed by atoms with Crippen LogP contribution in [0.2, 0.25) is 0 Å². The number of anilines is 2. The Balaban J connectivity index is 1.56. The first kappa shape index (κ1) is 19.4. The van der Waals surface area contributed by atoms with Crippen LogP contribution in [0.3, 0.4) is 0 Å². The Morgan fingerprint density at radius 2 is 1.86 bits per heavy atom. The van der Waals surface area contributed by atoms with E-state index in [1.807, 2.05) is 23.1 Å². The van der Waals surface area contributed by atoms with Crippen molar-refractivity contribution in [3.63, 3.8) is 0 Å². The lowest BCUT2D eigenvalue weighted by atomic mass is 10.1. The molecule has 5 nitrogen and oxygen atoms in total. The molecule has 0 atom stereocenters. The number of nitrogens with one attached hydrogen (secondary N) is 1. The molecule has 1 amide bonds. The number of carbonyl (C=O) groups is 1. The Labute approximate surface area is 171 Å². The number of hydrogen-bond acceptors (Lipinski definition) is 4. The summed E-state index contributed by atoms with van der Waals surface area (Å²) in [5.41, 5.74) is 1.23. The van der Waals surface area contributed by atoms with Crippen LogP contribution in [0.25, 0.3) is 5.69 Å². The van der Waals surface area contributed by atoms with Gasteiger partial charge in [-0.2, -0.15) is 0 Å². The van der Waals surface area contributed by atoms with E-state index in [0.717, 1.165) is 23.7 Å². The van der Waals surface area contributed by atoms with E-state index in [0.29, 0.717) is 18.7 Å². The molecule has 4 rings (SSSR count). The number of rotatable bonds is 5. The van der Waals surface area contributed by atoms with Crippen LogP contribution in [0.5, 0.6) is 0 Å². The van der Waals surface area contributed by atoms with Crippen molar-refractivity contribution < 1.29 is 13.6 Å². The average molecular weight is 414 g/mol. The lowest BCUT2D eigenvalue weighted by molar-refractivity contribution is 0.102. The van der Waals surface area contributed by atoms with Gasteiger partial charge in [0.15, 0.2) is 16.8 Å². The summed E-state index contributed by atoms with van der Waals surface area (Å²) in [5, 5.41) is 3.39. The third-order valence-corrected chi connectivity index (χ3v) is 5.54. The number of thioether (sulfide) groups is 1. The van der Waals surface area contributed by atoms with Gasteiger partial charge in [-0.25, -0.2) is 13.8 Å². The summed E-state index contributed by atoms with van der Waals surface area (Å²) in [6, 6.07) is 9.32. The highest BCUT2D eigenvalue weighted by Crippen LogP contribution is 2.30. The van der Waals surface area contributed by atoms with E-state index in [4.69, 9.17) is 0 Å². The molecule has 8 heteroatoms. The number of nitrogens with zero attached hydrogens (tertiary/aromatic N) is 3. The molecule has 150 valence electrons. The normalized spacial score (nSPS) is 13.7. The molecule has 1 aliphatic rings. The van der Waals surface area contributed by atoms with E-state index in [-0.39, 0.29) is 11.4 Å². The molecule has 0 aliphatic carbocycles. The molecular weight excluding hydrogens is 394 g/mol. The number of amides is 1. The summed E-state index contributed by atoms with van der Waals surface area (Å²) >= 11 is 1.49. The van der Waals surface area contributed by atoms with E-state index in [9.17, 15) is 13.6 Å². The van der Waals surface area contributed by atoms with Gasteiger partial charge in [0.05, 0.1) is 0 Å². The summed E-state index contributed by atoms with van der Waals surface area (Å²) in [7, 11) is 0. The van der Waals surface area contributed by atoms with Crippen molar-refractivity contribution in [2.45, 2.75) is 18.0 Å². The monoisotopic (exact) mass is 414 g/mol. The molecule has 1 saturated heterocycles. The molecule has 1 aliphatic heterocycles. The minimum absolute atomic E-state index is 0.0211. The summed E-state index contributed by atoms with van der Waals surface area (Å²) < 4.78 is 30.9. The number of halogens is 2. The molecule has 0 spiro atoms. The van der Waals surface area contributed by atoms with Gasteiger partial charge in [0, 0.05) is 42.4 Å². The zero-order valence-electron chi connectivity index (χ0n) is 15.9. The first-order valence-corrected chi connectivity index (χ1v) is 10.5. The maximum atomic E-state index is 14.5. The fourth-order valence-electron chi connectivity index (χ4n) is 3.52. The number of aromatic nitrogens is 2. The lowest BCUT2D eigenvalue weighted by Gasteiger charge is -2.20. The first-order chi connectivity index (χ1) is 14.1. The lowest BCUT2D eigenvalue weighted by Crippen LogP contribution is -2.21. The minimum Gasteiger partial charge on any atom is -0.367 e. The quantitative estimate of drug-likeness (QED) is 0.614. The van der Waals surface area contributed by atoms with Gasteiger partial charge >= 0.3 is 0 Å². The van der Waals surface area contributed by atoms with Crippen LogP contribution in [-0.4, -0.2) is 34.8 Å². The maximum absolute atomic E-state index is 14.5. The maximum Gasteiger partial charge on any atom is 0.255 e. The molecule has 2 heterocycles. The standard InChI is InChI=1S/C21H20F2N4OS/c1-29-21-24-7-10-27(21)16-6-4-5-14(11-16)20(28)25-15-12-17(22)19(18(23)13-15)26-8-2-3-9-26/h4-7,10-13H,2-3,8-9H2,1H3,(H,25,28). The fraction of sp³-hybridized carbons (Fsp3) is 0.238. The molecule has 1 fully saturated rings. The third-order valence-electron chi connectivity index (χ3n) is 4.87. The molecule has 29 heavy (non-hydrogen) atoms. The molecule has 1 aromatic heterocycles. The zero-order valence-corrected chi connectivity index (χ0v) is 16.7. The summed E-state index contributed by atoms with van der Waals surface area (Å²) in [6.07, 6.45) is 7.26. The average Bonchev–Trinajstić information content (AvgIpc) is 3.39. The van der Waals surface area contributed by atoms with Crippen molar-refractivity contribution in [1.82, 2.24) is 9.55 Å². The third kappa shape index (κ3) is 3.98. The highest BCUT2D eigenvalue weighted by Gasteiger charge is 2.21. The van der Waals surface area contributed by atoms with E-state index >= 15 is 0 Å². The van der Waals surface area contributed by atoms with Crippen molar-refractivity contribution in [2.75, 3.05) is 29.6 Å². The van der Waals surface area contributed by atoms with Crippen molar-refractivity contribution >= 4 is 29.0 Å². The largest absolute Gasteiger partial charge is 0.367 e. The van der Waals surface area contributed by atoms with Gasteiger partial charge in [-0.05, 0) is 49.4 Å². The van der Waals surface area contributed by atoms with Crippen LogP contribution in [-0.2, 0) is 0 Å². The molecule has 0 saturated carbocycles. The van der Waals surface area contributed by atoms with E-state index in [2.05, 4.69) is 10.3 Å². The fourth-order valence-corrected chi connectivity index (χ4v) is 4.05. The Morgan fingerprint density at radius 3 is 2.55 bits per heavy atom. The van der Waals surface area contributed by atoms with Gasteiger partial charge in [0.25, 0.3) is 5.91 Å². The van der Waals surface area contributed by atoms with E-state index < -0.39 is 17.5 Å².